The van der Waals surface area contributed by atoms with Crippen molar-refractivity contribution >= 4 is 56.7 Å². The zero-order chi connectivity index (χ0) is 30.0. The molecule has 0 radical (unpaired) electrons. The Kier molecular flexibility index (Phi) is 8.19. The van der Waals surface area contributed by atoms with Gasteiger partial charge in [-0.1, -0.05) is 30.3 Å². The van der Waals surface area contributed by atoms with Crippen molar-refractivity contribution in [3.8, 4) is 0 Å². The lowest BCUT2D eigenvalue weighted by atomic mass is 9.94. The highest BCUT2D eigenvalue weighted by molar-refractivity contribution is 7.20. The van der Waals surface area contributed by atoms with Gasteiger partial charge in [-0.2, -0.15) is 4.68 Å². The SMILES string of the molecule is CCOC(=O)n1nc(NC(=O)c2ccc(N3CCN(C)CC3)cc2N)c2cc(C(=O)NC(C)(C)c3ccccc3)sc21. The molecule has 0 spiro atoms. The van der Waals surface area contributed by atoms with Gasteiger partial charge in [0.2, 0.25) is 0 Å². The number of nitrogens with zero attached hydrogens (tertiary/aromatic N) is 4. The van der Waals surface area contributed by atoms with E-state index in [1.807, 2.05) is 50.2 Å². The number of carbonyl (C=O) groups is 3. The van der Waals surface area contributed by atoms with Gasteiger partial charge in [-0.25, -0.2) is 4.79 Å². The van der Waals surface area contributed by atoms with Gasteiger partial charge in [0, 0.05) is 37.6 Å². The number of rotatable bonds is 7. The number of nitrogens with two attached hydrogens (primary N) is 1. The Morgan fingerprint density at radius 2 is 1.74 bits per heavy atom. The molecule has 0 unspecified atom stereocenters. The highest BCUT2D eigenvalue weighted by Gasteiger charge is 2.28. The topological polar surface area (TPSA) is 135 Å². The largest absolute Gasteiger partial charge is 0.448 e. The predicted molar refractivity (Wildman–Crippen MR) is 165 cm³/mol. The molecule has 0 bridgehead atoms. The average molecular weight is 590 g/mol. The van der Waals surface area contributed by atoms with Gasteiger partial charge in [-0.3, -0.25) is 9.59 Å². The molecule has 0 atom stereocenters. The summed E-state index contributed by atoms with van der Waals surface area (Å²) in [5, 5.41) is 10.6. The molecule has 1 saturated heterocycles. The van der Waals surface area contributed by atoms with Gasteiger partial charge < -0.3 is 30.9 Å². The van der Waals surface area contributed by atoms with Gasteiger partial charge >= 0.3 is 6.09 Å². The number of thiophene rings is 1. The van der Waals surface area contributed by atoms with Crippen molar-refractivity contribution in [1.82, 2.24) is 20.0 Å². The summed E-state index contributed by atoms with van der Waals surface area (Å²) in [5.41, 5.74) is 8.19. The van der Waals surface area contributed by atoms with E-state index >= 15 is 0 Å². The van der Waals surface area contributed by atoms with Gasteiger partial charge in [0.1, 0.15) is 4.83 Å². The van der Waals surface area contributed by atoms with Crippen molar-refractivity contribution in [2.45, 2.75) is 26.3 Å². The monoisotopic (exact) mass is 589 g/mol. The molecule has 2 aromatic carbocycles. The van der Waals surface area contributed by atoms with Crippen LogP contribution in [0.4, 0.5) is 22.0 Å². The molecule has 0 saturated carbocycles. The maximum atomic E-state index is 13.3. The van der Waals surface area contributed by atoms with Crippen LogP contribution in [0, 0.1) is 0 Å². The summed E-state index contributed by atoms with van der Waals surface area (Å²) in [5.74, 6) is -0.667. The smallest absolute Gasteiger partial charge is 0.436 e. The first-order valence-electron chi connectivity index (χ1n) is 13.8. The molecule has 1 aliphatic rings. The molecule has 42 heavy (non-hydrogen) atoms. The molecule has 1 aliphatic heterocycles. The first-order valence-corrected chi connectivity index (χ1v) is 14.6. The van der Waals surface area contributed by atoms with Crippen LogP contribution in [-0.4, -0.2) is 72.4 Å². The van der Waals surface area contributed by atoms with Crippen molar-refractivity contribution < 1.29 is 19.1 Å². The number of piperazine rings is 1. The molecule has 5 rings (SSSR count). The molecule has 220 valence electrons. The lowest BCUT2D eigenvalue weighted by molar-refractivity contribution is 0.0915. The van der Waals surface area contributed by atoms with Crippen LogP contribution in [0.2, 0.25) is 0 Å². The van der Waals surface area contributed by atoms with Crippen LogP contribution in [0.1, 0.15) is 46.4 Å². The van der Waals surface area contributed by atoms with Gasteiger partial charge in [-0.05, 0) is 57.6 Å². The number of likely N-dealkylation sites (N-methyl/N-ethyl adjacent to an activating group) is 1. The molecule has 1 fully saturated rings. The van der Waals surface area contributed by atoms with Gasteiger partial charge in [0.05, 0.1) is 28.0 Å². The Morgan fingerprint density at radius 1 is 1.02 bits per heavy atom. The van der Waals surface area contributed by atoms with E-state index in [0.717, 1.165) is 53.4 Å². The number of hydrogen-bond donors (Lipinski definition) is 3. The Bertz CT molecular complexity index is 1620. The molecule has 2 aromatic heterocycles. The minimum absolute atomic E-state index is 0.128. The van der Waals surface area contributed by atoms with Crippen molar-refractivity contribution in [3.05, 3.63) is 70.6 Å². The molecule has 12 heteroatoms. The van der Waals surface area contributed by atoms with Crippen LogP contribution >= 0.6 is 11.3 Å². The standard InChI is InChI=1S/C30H35N7O4S/c1-5-41-29(40)37-28-22(18-24(42-28)27(39)33-30(2,3)19-9-7-6-8-10-19)25(34-37)32-26(38)21-12-11-20(17-23(21)31)36-15-13-35(4)14-16-36/h6-12,17-18H,5,13-16,31H2,1-4H3,(H,33,39)(H,32,34,38). The summed E-state index contributed by atoms with van der Waals surface area (Å²) in [4.78, 5) is 44.6. The third-order valence-corrected chi connectivity index (χ3v) is 8.44. The van der Waals surface area contributed by atoms with Crippen molar-refractivity contribution in [3.63, 3.8) is 0 Å². The average Bonchev–Trinajstić information content (AvgIpc) is 3.54. The van der Waals surface area contributed by atoms with Gasteiger partial charge in [0.15, 0.2) is 5.82 Å². The molecule has 2 amide bonds. The number of carbonyl (C=O) groups excluding carboxylic acids is 3. The van der Waals surface area contributed by atoms with Crippen LogP contribution in [0.15, 0.2) is 54.6 Å². The van der Waals surface area contributed by atoms with Crippen LogP contribution in [0.5, 0.6) is 0 Å². The number of hydrogen-bond acceptors (Lipinski definition) is 9. The summed E-state index contributed by atoms with van der Waals surface area (Å²) in [7, 11) is 2.09. The Balaban J connectivity index is 1.41. The fraction of sp³-hybridized carbons (Fsp3) is 0.333. The second-order valence-electron chi connectivity index (χ2n) is 10.7. The van der Waals surface area contributed by atoms with Crippen LogP contribution in [0.25, 0.3) is 10.2 Å². The summed E-state index contributed by atoms with van der Waals surface area (Å²) in [6.45, 7) is 9.31. The highest BCUT2D eigenvalue weighted by atomic mass is 32.1. The van der Waals surface area contributed by atoms with E-state index in [-0.39, 0.29) is 23.9 Å². The highest BCUT2D eigenvalue weighted by Crippen LogP contribution is 2.33. The minimum atomic E-state index is -0.711. The second-order valence-corrected chi connectivity index (χ2v) is 11.8. The number of ether oxygens (including phenoxy) is 1. The zero-order valence-corrected chi connectivity index (χ0v) is 25.0. The molecule has 4 N–H and O–H groups in total. The molecule has 3 heterocycles. The second kappa shape index (κ2) is 11.8. The van der Waals surface area contributed by atoms with Crippen LogP contribution in [0.3, 0.4) is 0 Å². The van der Waals surface area contributed by atoms with Crippen molar-refractivity contribution in [1.29, 1.82) is 0 Å². The van der Waals surface area contributed by atoms with Crippen LogP contribution < -0.4 is 21.3 Å². The Morgan fingerprint density at radius 3 is 2.40 bits per heavy atom. The fourth-order valence-electron chi connectivity index (χ4n) is 4.89. The van der Waals surface area contributed by atoms with Crippen molar-refractivity contribution in [2.24, 2.45) is 0 Å². The summed E-state index contributed by atoms with van der Waals surface area (Å²) in [6, 6.07) is 16.6. The summed E-state index contributed by atoms with van der Waals surface area (Å²) < 4.78 is 6.24. The van der Waals surface area contributed by atoms with Gasteiger partial charge in [0.25, 0.3) is 11.8 Å². The third-order valence-electron chi connectivity index (χ3n) is 7.33. The molecule has 11 nitrogen and oxygen atoms in total. The summed E-state index contributed by atoms with van der Waals surface area (Å²) >= 11 is 1.09. The molecule has 4 aromatic rings. The fourth-order valence-corrected chi connectivity index (χ4v) is 5.88. The zero-order valence-electron chi connectivity index (χ0n) is 24.1. The van der Waals surface area contributed by atoms with E-state index in [1.54, 1.807) is 25.1 Å². The number of benzene rings is 2. The number of fused-ring (bicyclic) bond motifs is 1. The predicted octanol–water partition coefficient (Wildman–Crippen LogP) is 4.35. The lowest BCUT2D eigenvalue weighted by Gasteiger charge is -2.34. The van der Waals surface area contributed by atoms with E-state index in [2.05, 4.69) is 32.6 Å². The lowest BCUT2D eigenvalue weighted by Crippen LogP contribution is -2.44. The molecule has 0 aliphatic carbocycles. The molecular weight excluding hydrogens is 554 g/mol. The van der Waals surface area contributed by atoms with E-state index < -0.39 is 17.5 Å². The maximum Gasteiger partial charge on any atom is 0.436 e. The summed E-state index contributed by atoms with van der Waals surface area (Å²) in [6.07, 6.45) is -0.711. The number of anilines is 3. The number of aromatic nitrogens is 2. The number of amides is 2. The number of nitrogen functional groups attached to an aromatic ring is 1. The van der Waals surface area contributed by atoms with E-state index in [4.69, 9.17) is 10.5 Å². The minimum Gasteiger partial charge on any atom is -0.448 e. The maximum absolute atomic E-state index is 13.3. The van der Waals surface area contributed by atoms with Gasteiger partial charge in [-0.15, -0.1) is 16.4 Å². The number of nitrogens with one attached hydrogen (secondary N) is 2. The Labute approximate surface area is 248 Å². The van der Waals surface area contributed by atoms with Crippen LogP contribution in [-0.2, 0) is 10.3 Å². The molecular formula is C30H35N7O4S. The normalized spacial score (nSPS) is 14.1. The quantitative estimate of drug-likeness (QED) is 0.271. The first kappa shape index (κ1) is 29.1. The van der Waals surface area contributed by atoms with E-state index in [9.17, 15) is 14.4 Å². The van der Waals surface area contributed by atoms with E-state index in [0.29, 0.717) is 20.8 Å². The van der Waals surface area contributed by atoms with Crippen molar-refractivity contribution in [2.75, 3.05) is 55.8 Å². The first-order chi connectivity index (χ1) is 20.1. The third kappa shape index (κ3) is 5.95. The van der Waals surface area contributed by atoms with E-state index in [1.165, 1.54) is 0 Å². The Hall–Kier alpha value is -4.42.